The highest BCUT2D eigenvalue weighted by molar-refractivity contribution is 7.94. The summed E-state index contributed by atoms with van der Waals surface area (Å²) in [6.45, 7) is 2.45. The average Bonchev–Trinajstić information content (AvgIpc) is 2.72. The molecular weight excluding hydrogens is 372 g/mol. The second-order valence-electron chi connectivity index (χ2n) is 5.63. The van der Waals surface area contributed by atoms with Gasteiger partial charge in [0, 0.05) is 0 Å². The first-order valence-electron chi connectivity index (χ1n) is 7.23. The number of aryl methyl sites for hydroxylation is 1. The number of nitrogens with zero attached hydrogens (tertiary/aromatic N) is 1. The first-order chi connectivity index (χ1) is 11.5. The fourth-order valence-corrected chi connectivity index (χ4v) is 5.46. The molecule has 1 aromatic carbocycles. The number of rotatable bonds is 5. The molecule has 1 aromatic rings. The minimum absolute atomic E-state index is 0.0822. The van der Waals surface area contributed by atoms with E-state index in [4.69, 9.17) is 0 Å². The molecule has 1 N–H and O–H groups in total. The molecule has 1 aliphatic heterocycles. The number of ether oxygens (including phenoxy) is 1. The van der Waals surface area contributed by atoms with Crippen molar-refractivity contribution < 1.29 is 31.2 Å². The van der Waals surface area contributed by atoms with Crippen LogP contribution in [0.25, 0.3) is 0 Å². The largest absolute Gasteiger partial charge is 0.468 e. The molecule has 0 saturated carbocycles. The van der Waals surface area contributed by atoms with Gasteiger partial charge in [0.15, 0.2) is 0 Å². The molecule has 1 saturated heterocycles. The summed E-state index contributed by atoms with van der Waals surface area (Å²) in [6.07, 6.45) is 0. The first kappa shape index (κ1) is 19.3. The standard InChI is InChI=1S/C14H18N2O7S2/c1-9-6-11(16-14(18)10(2)8-24(16,19)20)4-5-12(9)25(21,22)15-7-13(17)23-3/h4-6,10,15H,7-8H2,1-3H3. The zero-order chi connectivity index (χ0) is 19.0. The van der Waals surface area contributed by atoms with E-state index in [1.807, 2.05) is 0 Å². The quantitative estimate of drug-likeness (QED) is 0.687. The van der Waals surface area contributed by atoms with E-state index in [0.717, 1.165) is 7.11 Å². The van der Waals surface area contributed by atoms with Crippen molar-refractivity contribution in [3.8, 4) is 0 Å². The third-order valence-electron chi connectivity index (χ3n) is 3.68. The van der Waals surface area contributed by atoms with Crippen LogP contribution in [0, 0.1) is 12.8 Å². The van der Waals surface area contributed by atoms with Gasteiger partial charge in [-0.3, -0.25) is 9.59 Å². The Morgan fingerprint density at radius 3 is 2.52 bits per heavy atom. The van der Waals surface area contributed by atoms with E-state index in [1.165, 1.54) is 32.0 Å². The molecule has 1 atom stereocenters. The summed E-state index contributed by atoms with van der Waals surface area (Å²) in [7, 11) is -6.63. The summed E-state index contributed by atoms with van der Waals surface area (Å²) in [5.74, 6) is -2.25. The van der Waals surface area contributed by atoms with Crippen molar-refractivity contribution in [1.29, 1.82) is 0 Å². The van der Waals surface area contributed by atoms with Gasteiger partial charge in [-0.15, -0.1) is 0 Å². The monoisotopic (exact) mass is 390 g/mol. The van der Waals surface area contributed by atoms with Crippen LogP contribution in [-0.2, 0) is 34.4 Å². The van der Waals surface area contributed by atoms with E-state index in [9.17, 15) is 26.4 Å². The second-order valence-corrected chi connectivity index (χ2v) is 9.23. The zero-order valence-corrected chi connectivity index (χ0v) is 15.5. The van der Waals surface area contributed by atoms with Crippen LogP contribution >= 0.6 is 0 Å². The van der Waals surface area contributed by atoms with Crippen molar-refractivity contribution in [3.05, 3.63) is 23.8 Å². The fraction of sp³-hybridized carbons (Fsp3) is 0.429. The number of nitrogens with one attached hydrogen (secondary N) is 1. The molecule has 9 nitrogen and oxygen atoms in total. The number of carbonyl (C=O) groups is 2. The van der Waals surface area contributed by atoms with E-state index >= 15 is 0 Å². The molecule has 11 heteroatoms. The van der Waals surface area contributed by atoms with Gasteiger partial charge in [-0.25, -0.2) is 21.1 Å². The summed E-state index contributed by atoms with van der Waals surface area (Å²) in [6, 6.07) is 3.74. The lowest BCUT2D eigenvalue weighted by Crippen LogP contribution is -2.32. The molecule has 0 spiro atoms. The van der Waals surface area contributed by atoms with Crippen LogP contribution in [0.5, 0.6) is 0 Å². The van der Waals surface area contributed by atoms with Crippen LogP contribution < -0.4 is 9.03 Å². The van der Waals surface area contributed by atoms with Crippen molar-refractivity contribution in [3.63, 3.8) is 0 Å². The van der Waals surface area contributed by atoms with E-state index in [-0.39, 0.29) is 21.9 Å². The van der Waals surface area contributed by atoms with Gasteiger partial charge in [-0.1, -0.05) is 6.92 Å². The fourth-order valence-electron chi connectivity index (χ4n) is 2.45. The van der Waals surface area contributed by atoms with E-state index < -0.39 is 44.4 Å². The Kier molecular flexibility index (Phi) is 5.21. The number of benzene rings is 1. The highest BCUT2D eigenvalue weighted by Crippen LogP contribution is 2.30. The summed E-state index contributed by atoms with van der Waals surface area (Å²) in [4.78, 5) is 23.0. The number of amides is 1. The van der Waals surface area contributed by atoms with E-state index in [2.05, 4.69) is 9.46 Å². The zero-order valence-electron chi connectivity index (χ0n) is 13.8. The second kappa shape index (κ2) is 6.73. The molecule has 25 heavy (non-hydrogen) atoms. The third kappa shape index (κ3) is 3.83. The van der Waals surface area contributed by atoms with Crippen LogP contribution in [0.1, 0.15) is 12.5 Å². The van der Waals surface area contributed by atoms with Crippen LogP contribution in [0.2, 0.25) is 0 Å². The highest BCUT2D eigenvalue weighted by atomic mass is 32.2. The maximum atomic E-state index is 12.2. The minimum Gasteiger partial charge on any atom is -0.468 e. The maximum absolute atomic E-state index is 12.2. The molecule has 1 aliphatic rings. The summed E-state index contributed by atoms with van der Waals surface area (Å²) >= 11 is 0. The highest BCUT2D eigenvalue weighted by Gasteiger charge is 2.42. The topological polar surface area (TPSA) is 127 Å². The number of esters is 1. The molecule has 0 bridgehead atoms. The number of sulfonamides is 2. The van der Waals surface area contributed by atoms with Gasteiger partial charge in [0.1, 0.15) is 6.54 Å². The average molecular weight is 390 g/mol. The molecular formula is C14H18N2O7S2. The minimum atomic E-state index is -3.99. The molecule has 138 valence electrons. The SMILES string of the molecule is COC(=O)CNS(=O)(=O)c1ccc(N2C(=O)C(C)CS2(=O)=O)cc1C. The van der Waals surface area contributed by atoms with E-state index in [0.29, 0.717) is 4.31 Å². The first-order valence-corrected chi connectivity index (χ1v) is 10.3. The molecule has 2 rings (SSSR count). The Hall–Kier alpha value is -1.98. The molecule has 1 unspecified atom stereocenters. The normalized spacial score (nSPS) is 19.9. The molecule has 1 heterocycles. The van der Waals surface area contributed by atoms with Crippen LogP contribution in [0.15, 0.2) is 23.1 Å². The number of anilines is 1. The Bertz CT molecular complexity index is 922. The van der Waals surface area contributed by atoms with Crippen molar-refractivity contribution in [2.45, 2.75) is 18.7 Å². The van der Waals surface area contributed by atoms with Crippen molar-refractivity contribution in [1.82, 2.24) is 4.72 Å². The number of hydrogen-bond donors (Lipinski definition) is 1. The predicted molar refractivity (Wildman–Crippen MR) is 88.8 cm³/mol. The Labute approximate surface area is 146 Å². The van der Waals surface area contributed by atoms with E-state index in [1.54, 1.807) is 0 Å². The van der Waals surface area contributed by atoms with Gasteiger partial charge in [-0.05, 0) is 30.7 Å². The number of carbonyl (C=O) groups excluding carboxylic acids is 2. The Balaban J connectivity index is 2.36. The van der Waals surface area contributed by atoms with Crippen molar-refractivity contribution >= 4 is 37.6 Å². The third-order valence-corrected chi connectivity index (χ3v) is 7.11. The van der Waals surface area contributed by atoms with Gasteiger partial charge < -0.3 is 4.74 Å². The smallest absolute Gasteiger partial charge is 0.320 e. The maximum Gasteiger partial charge on any atom is 0.320 e. The predicted octanol–water partition coefficient (Wildman–Crippen LogP) is -0.241. The number of hydrogen-bond acceptors (Lipinski definition) is 7. The van der Waals surface area contributed by atoms with Gasteiger partial charge in [0.25, 0.3) is 0 Å². The molecule has 0 radical (unpaired) electrons. The molecule has 0 aromatic heterocycles. The van der Waals surface area contributed by atoms with Crippen LogP contribution in [0.4, 0.5) is 5.69 Å². The molecule has 0 aliphatic carbocycles. The Morgan fingerprint density at radius 2 is 2.04 bits per heavy atom. The Morgan fingerprint density at radius 1 is 1.40 bits per heavy atom. The number of methoxy groups -OCH3 is 1. The van der Waals surface area contributed by atoms with Gasteiger partial charge in [0.2, 0.25) is 26.0 Å². The summed E-state index contributed by atoms with van der Waals surface area (Å²) < 4.78 is 55.8. The summed E-state index contributed by atoms with van der Waals surface area (Å²) in [5.41, 5.74) is 0.316. The lowest BCUT2D eigenvalue weighted by Gasteiger charge is -2.17. The lowest BCUT2D eigenvalue weighted by atomic mass is 10.2. The summed E-state index contributed by atoms with van der Waals surface area (Å²) in [5, 5.41) is 0. The van der Waals surface area contributed by atoms with Gasteiger partial charge in [-0.2, -0.15) is 4.72 Å². The van der Waals surface area contributed by atoms with Crippen LogP contribution in [-0.4, -0.2) is 48.1 Å². The molecule has 1 fully saturated rings. The van der Waals surface area contributed by atoms with Gasteiger partial charge >= 0.3 is 5.97 Å². The van der Waals surface area contributed by atoms with Crippen molar-refractivity contribution in [2.75, 3.05) is 23.7 Å². The van der Waals surface area contributed by atoms with Crippen LogP contribution in [0.3, 0.4) is 0 Å². The lowest BCUT2D eigenvalue weighted by molar-refractivity contribution is -0.139. The van der Waals surface area contributed by atoms with Gasteiger partial charge in [0.05, 0.1) is 29.4 Å². The molecule has 1 amide bonds. The van der Waals surface area contributed by atoms with Crippen molar-refractivity contribution in [2.24, 2.45) is 5.92 Å².